The number of thioether (sulfide) groups is 1. The monoisotopic (exact) mass is 268 g/mol. The van der Waals surface area contributed by atoms with E-state index in [0.717, 1.165) is 12.8 Å². The molecule has 4 unspecified atom stereocenters. The average molecular weight is 268 g/mol. The topological polar surface area (TPSA) is 0 Å². The summed E-state index contributed by atoms with van der Waals surface area (Å²) < 4.78 is 37.3. The summed E-state index contributed by atoms with van der Waals surface area (Å²) in [4.78, 5) is 0. The second-order valence-electron chi connectivity index (χ2n) is 5.57. The predicted molar refractivity (Wildman–Crippen MR) is 68.2 cm³/mol. The molecule has 0 nitrogen and oxygen atoms in total. The Kier molecular flexibility index (Phi) is 5.23. The van der Waals surface area contributed by atoms with E-state index in [0.29, 0.717) is 23.0 Å². The van der Waals surface area contributed by atoms with Crippen LogP contribution in [0.2, 0.25) is 0 Å². The third-order valence-corrected chi connectivity index (χ3v) is 5.70. The second kappa shape index (κ2) is 5.85. The maximum atomic E-state index is 12.4. The molecule has 1 rings (SSSR count). The van der Waals surface area contributed by atoms with Crippen molar-refractivity contribution in [2.45, 2.75) is 63.6 Å². The van der Waals surface area contributed by atoms with Crippen LogP contribution in [0.3, 0.4) is 0 Å². The van der Waals surface area contributed by atoms with Crippen LogP contribution >= 0.6 is 11.8 Å². The standard InChI is InChI=1S/C13H23F3S/c1-5-9(4)12-11(8(2)3)6-10(17-12)7-13(14,15)16/h8-12H,5-7H2,1-4H3. The van der Waals surface area contributed by atoms with Gasteiger partial charge in [-0.2, -0.15) is 24.9 Å². The smallest absolute Gasteiger partial charge is 0.171 e. The molecule has 1 heterocycles. The lowest BCUT2D eigenvalue weighted by Gasteiger charge is -2.26. The highest BCUT2D eigenvalue weighted by Crippen LogP contribution is 2.49. The van der Waals surface area contributed by atoms with E-state index < -0.39 is 12.6 Å². The predicted octanol–water partition coefficient (Wildman–Crippen LogP) is 5.13. The van der Waals surface area contributed by atoms with Gasteiger partial charge in [-0.25, -0.2) is 0 Å². The normalized spacial score (nSPS) is 32.1. The molecule has 1 saturated heterocycles. The van der Waals surface area contributed by atoms with Gasteiger partial charge >= 0.3 is 6.18 Å². The van der Waals surface area contributed by atoms with Gasteiger partial charge in [0.15, 0.2) is 0 Å². The molecule has 1 aliphatic heterocycles. The molecular weight excluding hydrogens is 245 g/mol. The molecule has 0 radical (unpaired) electrons. The molecule has 4 heteroatoms. The lowest BCUT2D eigenvalue weighted by Crippen LogP contribution is -2.23. The van der Waals surface area contributed by atoms with Gasteiger partial charge in [0.2, 0.25) is 0 Å². The van der Waals surface area contributed by atoms with Gasteiger partial charge in [0.05, 0.1) is 6.42 Å². The number of hydrogen-bond donors (Lipinski definition) is 0. The molecule has 4 atom stereocenters. The summed E-state index contributed by atoms with van der Waals surface area (Å²) in [5.41, 5.74) is 0. The SMILES string of the molecule is CCC(C)C1SC(CC(F)(F)F)CC1C(C)C. The number of alkyl halides is 3. The van der Waals surface area contributed by atoms with Gasteiger partial charge in [0, 0.05) is 10.5 Å². The van der Waals surface area contributed by atoms with Crippen LogP contribution in [-0.2, 0) is 0 Å². The first-order valence-corrected chi connectivity index (χ1v) is 7.41. The Morgan fingerprint density at radius 1 is 1.24 bits per heavy atom. The van der Waals surface area contributed by atoms with E-state index in [2.05, 4.69) is 27.7 Å². The summed E-state index contributed by atoms with van der Waals surface area (Å²) in [6.07, 6.45) is -2.84. The summed E-state index contributed by atoms with van der Waals surface area (Å²) in [5.74, 6) is 1.45. The highest BCUT2D eigenvalue weighted by Gasteiger charge is 2.43. The van der Waals surface area contributed by atoms with E-state index >= 15 is 0 Å². The Morgan fingerprint density at radius 3 is 2.24 bits per heavy atom. The fourth-order valence-electron chi connectivity index (χ4n) is 2.65. The van der Waals surface area contributed by atoms with Crippen LogP contribution in [0.15, 0.2) is 0 Å². The number of halogens is 3. The molecule has 1 aliphatic rings. The lowest BCUT2D eigenvalue weighted by atomic mass is 9.82. The van der Waals surface area contributed by atoms with Crippen LogP contribution in [0.5, 0.6) is 0 Å². The van der Waals surface area contributed by atoms with Crippen LogP contribution in [0.1, 0.15) is 47.0 Å². The molecule has 0 aromatic carbocycles. The first-order valence-electron chi connectivity index (χ1n) is 6.46. The van der Waals surface area contributed by atoms with Gasteiger partial charge in [-0.3, -0.25) is 0 Å². The minimum Gasteiger partial charge on any atom is -0.171 e. The van der Waals surface area contributed by atoms with E-state index in [-0.39, 0.29) is 5.25 Å². The molecular formula is C13H23F3S. The molecule has 0 amide bonds. The number of hydrogen-bond acceptors (Lipinski definition) is 1. The maximum Gasteiger partial charge on any atom is 0.390 e. The highest BCUT2D eigenvalue weighted by molar-refractivity contribution is 8.00. The van der Waals surface area contributed by atoms with Gasteiger partial charge in [-0.05, 0) is 24.2 Å². The molecule has 17 heavy (non-hydrogen) atoms. The van der Waals surface area contributed by atoms with E-state index in [1.165, 1.54) is 0 Å². The quantitative estimate of drug-likeness (QED) is 0.681. The molecule has 102 valence electrons. The largest absolute Gasteiger partial charge is 0.390 e. The van der Waals surface area contributed by atoms with E-state index in [9.17, 15) is 13.2 Å². The summed E-state index contributed by atoms with van der Waals surface area (Å²) in [6.45, 7) is 8.57. The minimum absolute atomic E-state index is 0.221. The van der Waals surface area contributed by atoms with Crippen LogP contribution in [0.4, 0.5) is 13.2 Å². The third-order valence-electron chi connectivity index (χ3n) is 3.83. The Hall–Kier alpha value is 0.140. The molecule has 0 bridgehead atoms. The van der Waals surface area contributed by atoms with Crippen LogP contribution < -0.4 is 0 Å². The average Bonchev–Trinajstić information content (AvgIpc) is 2.57. The van der Waals surface area contributed by atoms with Crippen molar-refractivity contribution in [2.24, 2.45) is 17.8 Å². The summed E-state index contributed by atoms with van der Waals surface area (Å²) in [6, 6.07) is 0. The Balaban J connectivity index is 2.65. The molecule has 0 spiro atoms. The van der Waals surface area contributed by atoms with E-state index in [1.54, 1.807) is 11.8 Å². The van der Waals surface area contributed by atoms with Crippen molar-refractivity contribution in [1.82, 2.24) is 0 Å². The van der Waals surface area contributed by atoms with Gasteiger partial charge < -0.3 is 0 Å². The first-order chi connectivity index (χ1) is 7.74. The van der Waals surface area contributed by atoms with Gasteiger partial charge in [-0.1, -0.05) is 34.1 Å². The Morgan fingerprint density at radius 2 is 1.82 bits per heavy atom. The first kappa shape index (κ1) is 15.2. The van der Waals surface area contributed by atoms with Crippen molar-refractivity contribution in [3.8, 4) is 0 Å². The minimum atomic E-state index is -4.01. The number of rotatable bonds is 4. The van der Waals surface area contributed by atoms with Crippen LogP contribution in [0, 0.1) is 17.8 Å². The van der Waals surface area contributed by atoms with E-state index in [1.807, 2.05) is 0 Å². The zero-order chi connectivity index (χ0) is 13.2. The fraction of sp³-hybridized carbons (Fsp3) is 1.00. The van der Waals surface area contributed by atoms with Crippen molar-refractivity contribution in [1.29, 1.82) is 0 Å². The zero-order valence-electron chi connectivity index (χ0n) is 11.1. The molecule has 0 saturated carbocycles. The second-order valence-corrected chi connectivity index (χ2v) is 7.05. The van der Waals surface area contributed by atoms with Crippen molar-refractivity contribution in [3.63, 3.8) is 0 Å². The van der Waals surface area contributed by atoms with Crippen molar-refractivity contribution in [3.05, 3.63) is 0 Å². The van der Waals surface area contributed by atoms with Crippen molar-refractivity contribution < 1.29 is 13.2 Å². The molecule has 0 N–H and O–H groups in total. The fourth-order valence-corrected chi connectivity index (χ4v) is 4.80. The third kappa shape index (κ3) is 4.38. The maximum absolute atomic E-state index is 12.4. The molecule has 0 aliphatic carbocycles. The Bertz CT molecular complexity index is 237. The lowest BCUT2D eigenvalue weighted by molar-refractivity contribution is -0.134. The Labute approximate surface area is 107 Å². The molecule has 0 aromatic rings. The summed E-state index contributed by atoms with van der Waals surface area (Å²) in [7, 11) is 0. The van der Waals surface area contributed by atoms with Gasteiger partial charge in [-0.15, -0.1) is 0 Å². The van der Waals surface area contributed by atoms with Crippen molar-refractivity contribution in [2.75, 3.05) is 0 Å². The van der Waals surface area contributed by atoms with Crippen LogP contribution in [0.25, 0.3) is 0 Å². The molecule has 1 fully saturated rings. The van der Waals surface area contributed by atoms with Crippen LogP contribution in [-0.4, -0.2) is 16.7 Å². The summed E-state index contributed by atoms with van der Waals surface area (Å²) >= 11 is 1.59. The highest BCUT2D eigenvalue weighted by atomic mass is 32.2. The molecule has 0 aromatic heterocycles. The van der Waals surface area contributed by atoms with Gasteiger partial charge in [0.1, 0.15) is 0 Å². The van der Waals surface area contributed by atoms with Crippen molar-refractivity contribution >= 4 is 11.8 Å². The van der Waals surface area contributed by atoms with E-state index in [4.69, 9.17) is 0 Å². The van der Waals surface area contributed by atoms with Gasteiger partial charge in [0.25, 0.3) is 0 Å². The zero-order valence-corrected chi connectivity index (χ0v) is 11.9. The summed E-state index contributed by atoms with van der Waals surface area (Å²) in [5, 5.41) is 0.189.